The summed E-state index contributed by atoms with van der Waals surface area (Å²) in [6.07, 6.45) is 1.69. The maximum absolute atomic E-state index is 9.85. The van der Waals surface area contributed by atoms with Gasteiger partial charge in [-0.3, -0.25) is 0 Å². The highest BCUT2D eigenvalue weighted by atomic mass is 35.5. The van der Waals surface area contributed by atoms with Crippen molar-refractivity contribution in [2.75, 3.05) is 11.9 Å². The Hall–Kier alpha value is -0.390. The van der Waals surface area contributed by atoms with Crippen molar-refractivity contribution in [1.29, 1.82) is 0 Å². The molecule has 0 saturated carbocycles. The highest BCUT2D eigenvalue weighted by Crippen LogP contribution is 2.19. The van der Waals surface area contributed by atoms with Crippen LogP contribution in [0, 0.1) is 0 Å². The fraction of sp³-hybridized carbons (Fsp3) is 0.750. The van der Waals surface area contributed by atoms with Crippen LogP contribution in [0.5, 0.6) is 0 Å². The van der Waals surface area contributed by atoms with Crippen LogP contribution in [0.4, 0.5) is 5.82 Å². The first-order valence-electron chi connectivity index (χ1n) is 4.49. The van der Waals surface area contributed by atoms with Gasteiger partial charge in [-0.1, -0.05) is 24.9 Å². The second-order valence-corrected chi connectivity index (χ2v) is 4.39. The molecule has 0 aromatic carbocycles. The van der Waals surface area contributed by atoms with E-state index in [1.807, 2.05) is 6.92 Å². The quantitative estimate of drug-likeness (QED) is 0.821. The zero-order valence-corrected chi connectivity index (χ0v) is 9.82. The van der Waals surface area contributed by atoms with Crippen LogP contribution in [0.15, 0.2) is 0 Å². The van der Waals surface area contributed by atoms with Gasteiger partial charge in [-0.15, -0.1) is 0 Å². The predicted molar refractivity (Wildman–Crippen MR) is 58.9 cm³/mol. The van der Waals surface area contributed by atoms with Gasteiger partial charge in [0.25, 0.3) is 0 Å². The summed E-state index contributed by atoms with van der Waals surface area (Å²) in [5.41, 5.74) is -0.721. The fourth-order valence-corrected chi connectivity index (χ4v) is 1.87. The van der Waals surface area contributed by atoms with Crippen LogP contribution in [0.3, 0.4) is 0 Å². The number of hydrogen-bond acceptors (Lipinski definition) is 5. The fourth-order valence-electron chi connectivity index (χ4n) is 1.18. The smallest absolute Gasteiger partial charge is 0.186 e. The first-order valence-corrected chi connectivity index (χ1v) is 5.60. The summed E-state index contributed by atoms with van der Waals surface area (Å²) in [7, 11) is 0. The minimum absolute atomic E-state index is 0.363. The molecule has 1 unspecified atom stereocenters. The van der Waals surface area contributed by atoms with Crippen LogP contribution in [0.25, 0.3) is 0 Å². The zero-order valence-electron chi connectivity index (χ0n) is 8.25. The number of nitrogens with zero attached hydrogens (tertiary/aromatic N) is 2. The van der Waals surface area contributed by atoms with E-state index in [4.69, 9.17) is 11.6 Å². The molecule has 0 aliphatic rings. The van der Waals surface area contributed by atoms with Crippen LogP contribution in [0.2, 0.25) is 5.15 Å². The molecule has 0 bridgehead atoms. The van der Waals surface area contributed by atoms with Crippen molar-refractivity contribution in [2.45, 2.75) is 32.3 Å². The zero-order chi connectivity index (χ0) is 10.6. The summed E-state index contributed by atoms with van der Waals surface area (Å²) in [5.74, 6) is 0.549. The lowest BCUT2D eigenvalue weighted by Gasteiger charge is -2.22. The summed E-state index contributed by atoms with van der Waals surface area (Å²) in [5, 5.41) is 13.2. The minimum atomic E-state index is -0.721. The molecule has 1 heterocycles. The molecule has 6 heteroatoms. The second kappa shape index (κ2) is 4.91. The SMILES string of the molecule is CCCC(C)(O)CNc1nsnc1Cl. The van der Waals surface area contributed by atoms with E-state index in [9.17, 15) is 5.11 Å². The summed E-state index contributed by atoms with van der Waals surface area (Å²) in [6.45, 7) is 4.26. The van der Waals surface area contributed by atoms with Crippen molar-refractivity contribution in [3.05, 3.63) is 5.15 Å². The van der Waals surface area contributed by atoms with Gasteiger partial charge in [-0.05, 0) is 13.3 Å². The summed E-state index contributed by atoms with van der Waals surface area (Å²) in [4.78, 5) is 0. The largest absolute Gasteiger partial charge is 0.388 e. The van der Waals surface area contributed by atoms with E-state index in [0.29, 0.717) is 17.5 Å². The number of aromatic nitrogens is 2. The molecule has 0 amide bonds. The van der Waals surface area contributed by atoms with Gasteiger partial charge in [0, 0.05) is 6.54 Å². The molecule has 0 aliphatic heterocycles. The lowest BCUT2D eigenvalue weighted by Crippen LogP contribution is -2.33. The van der Waals surface area contributed by atoms with Gasteiger partial charge in [0.1, 0.15) is 0 Å². The second-order valence-electron chi connectivity index (χ2n) is 3.50. The molecule has 0 saturated heterocycles. The third-order valence-corrected chi connectivity index (χ3v) is 2.77. The molecule has 14 heavy (non-hydrogen) atoms. The minimum Gasteiger partial charge on any atom is -0.388 e. The molecular formula is C8H14ClN3OS. The van der Waals surface area contributed by atoms with Gasteiger partial charge < -0.3 is 10.4 Å². The topological polar surface area (TPSA) is 58.0 Å². The van der Waals surface area contributed by atoms with Gasteiger partial charge in [0.05, 0.1) is 17.3 Å². The number of halogens is 1. The van der Waals surface area contributed by atoms with Gasteiger partial charge in [0.15, 0.2) is 11.0 Å². The van der Waals surface area contributed by atoms with Crippen molar-refractivity contribution in [3.8, 4) is 0 Å². The number of anilines is 1. The molecule has 0 spiro atoms. The van der Waals surface area contributed by atoms with E-state index < -0.39 is 5.60 Å². The maximum Gasteiger partial charge on any atom is 0.186 e. The van der Waals surface area contributed by atoms with Crippen molar-refractivity contribution in [1.82, 2.24) is 8.75 Å². The molecule has 1 atom stereocenters. The molecule has 0 radical (unpaired) electrons. The Balaban J connectivity index is 2.44. The van der Waals surface area contributed by atoms with Crippen LogP contribution in [0.1, 0.15) is 26.7 Å². The molecule has 0 fully saturated rings. The summed E-state index contributed by atoms with van der Waals surface area (Å²) >= 11 is 6.79. The highest BCUT2D eigenvalue weighted by Gasteiger charge is 2.19. The van der Waals surface area contributed by atoms with Crippen molar-refractivity contribution >= 4 is 29.1 Å². The monoisotopic (exact) mass is 235 g/mol. The van der Waals surface area contributed by atoms with Gasteiger partial charge in [-0.25, -0.2) is 0 Å². The summed E-state index contributed by atoms with van der Waals surface area (Å²) < 4.78 is 7.77. The summed E-state index contributed by atoms with van der Waals surface area (Å²) in [6, 6.07) is 0. The average molecular weight is 236 g/mol. The number of rotatable bonds is 5. The van der Waals surface area contributed by atoms with Crippen LogP contribution < -0.4 is 5.32 Å². The molecule has 1 aromatic heterocycles. The molecule has 1 aromatic rings. The van der Waals surface area contributed by atoms with Crippen LogP contribution in [-0.2, 0) is 0 Å². The Labute approximate surface area is 92.6 Å². The Bertz CT molecular complexity index is 290. The average Bonchev–Trinajstić information content (AvgIpc) is 2.48. The lowest BCUT2D eigenvalue weighted by atomic mass is 10.0. The van der Waals surface area contributed by atoms with E-state index >= 15 is 0 Å². The van der Waals surface area contributed by atoms with Crippen molar-refractivity contribution in [2.24, 2.45) is 0 Å². The van der Waals surface area contributed by atoms with Crippen molar-refractivity contribution < 1.29 is 5.11 Å². The molecule has 4 nitrogen and oxygen atoms in total. The maximum atomic E-state index is 9.85. The molecular weight excluding hydrogens is 222 g/mol. The van der Waals surface area contributed by atoms with Crippen LogP contribution in [-0.4, -0.2) is 26.0 Å². The van der Waals surface area contributed by atoms with E-state index in [2.05, 4.69) is 14.1 Å². The number of aliphatic hydroxyl groups is 1. The van der Waals surface area contributed by atoms with E-state index in [-0.39, 0.29) is 0 Å². The third kappa shape index (κ3) is 3.40. The number of nitrogens with one attached hydrogen (secondary N) is 1. The standard InChI is InChI=1S/C8H14ClN3OS/c1-3-4-8(2,13)5-10-7-6(9)11-14-12-7/h13H,3-5H2,1-2H3,(H,10,12). The Morgan fingerprint density at radius 3 is 2.79 bits per heavy atom. The lowest BCUT2D eigenvalue weighted by molar-refractivity contribution is 0.0636. The Kier molecular flexibility index (Phi) is 4.10. The van der Waals surface area contributed by atoms with E-state index in [1.54, 1.807) is 6.92 Å². The molecule has 1 rings (SSSR count). The first kappa shape index (κ1) is 11.7. The Morgan fingerprint density at radius 1 is 1.57 bits per heavy atom. The predicted octanol–water partition coefficient (Wildman–Crippen LogP) is 2.15. The Morgan fingerprint density at radius 2 is 2.29 bits per heavy atom. The first-order chi connectivity index (χ1) is 6.55. The van der Waals surface area contributed by atoms with Crippen LogP contribution >= 0.6 is 23.3 Å². The van der Waals surface area contributed by atoms with Gasteiger partial charge >= 0.3 is 0 Å². The normalized spacial score (nSPS) is 15.1. The van der Waals surface area contributed by atoms with E-state index in [0.717, 1.165) is 24.6 Å². The van der Waals surface area contributed by atoms with Gasteiger partial charge in [-0.2, -0.15) is 8.75 Å². The highest BCUT2D eigenvalue weighted by molar-refractivity contribution is 6.99. The molecule has 2 N–H and O–H groups in total. The van der Waals surface area contributed by atoms with Gasteiger partial charge in [0.2, 0.25) is 0 Å². The van der Waals surface area contributed by atoms with E-state index in [1.165, 1.54) is 0 Å². The molecule has 80 valence electrons. The molecule has 0 aliphatic carbocycles. The third-order valence-electron chi connectivity index (χ3n) is 1.87. The number of hydrogen-bond donors (Lipinski definition) is 2. The van der Waals surface area contributed by atoms with Crippen molar-refractivity contribution in [3.63, 3.8) is 0 Å².